The van der Waals surface area contributed by atoms with Crippen LogP contribution < -0.4 is 0 Å². The molecule has 0 bridgehead atoms. The minimum absolute atomic E-state index is 0.160. The van der Waals surface area contributed by atoms with Gasteiger partial charge in [0, 0.05) is 6.92 Å². The van der Waals surface area contributed by atoms with Gasteiger partial charge in [0.2, 0.25) is 8.32 Å². The zero-order valence-electron chi connectivity index (χ0n) is 9.88. The predicted molar refractivity (Wildman–Crippen MR) is 59.2 cm³/mol. The summed E-state index contributed by atoms with van der Waals surface area (Å²) in [4.78, 5) is 10.4. The molecule has 82 valence electrons. The van der Waals surface area contributed by atoms with Crippen LogP contribution in [0.4, 0.5) is 0 Å². The van der Waals surface area contributed by atoms with Gasteiger partial charge in [-0.05, 0) is 18.1 Å². The average Bonchev–Trinajstić information content (AvgIpc) is 1.95. The zero-order valence-corrected chi connectivity index (χ0v) is 10.9. The van der Waals surface area contributed by atoms with Crippen LogP contribution in [-0.4, -0.2) is 14.3 Å². The minimum Gasteiger partial charge on any atom is -0.546 e. The lowest BCUT2D eigenvalue weighted by atomic mass is 10.2. The van der Waals surface area contributed by atoms with Gasteiger partial charge < -0.3 is 9.16 Å². The Kier molecular flexibility index (Phi) is 4.38. The lowest BCUT2D eigenvalue weighted by Crippen LogP contribution is -2.39. The van der Waals surface area contributed by atoms with Gasteiger partial charge in [0.25, 0.3) is 0 Å². The van der Waals surface area contributed by atoms with Crippen molar-refractivity contribution in [3.05, 3.63) is 12.5 Å². The van der Waals surface area contributed by atoms with Gasteiger partial charge in [0.1, 0.15) is 12.5 Å². The van der Waals surface area contributed by atoms with Gasteiger partial charge in [0.15, 0.2) is 0 Å². The van der Waals surface area contributed by atoms with Crippen LogP contribution in [-0.2, 0) is 14.0 Å². The first kappa shape index (κ1) is 13.2. The van der Waals surface area contributed by atoms with E-state index in [0.29, 0.717) is 0 Å². The Morgan fingerprint density at radius 1 is 1.21 bits per heavy atom. The molecule has 0 aliphatic rings. The fourth-order valence-corrected chi connectivity index (χ4v) is 1.25. The molecule has 0 saturated heterocycles. The molecule has 0 amide bonds. The quantitative estimate of drug-likeness (QED) is 0.413. The van der Waals surface area contributed by atoms with E-state index < -0.39 is 8.32 Å². The molecule has 0 radical (unpaired) electrons. The van der Waals surface area contributed by atoms with E-state index in [1.54, 1.807) is 0 Å². The largest absolute Gasteiger partial charge is 0.546 e. The normalized spacial score (nSPS) is 13.0. The number of carbonyl (C=O) groups excluding carboxylic acids is 1. The summed E-state index contributed by atoms with van der Waals surface area (Å²) in [6.45, 7) is 12.1. The standard InChI is InChI=1S/C10H20O3Si/c1-9(11)12-7-8-13-14(5,6)10(2,3)4/h7-8H,1-6H3/b8-7-. The summed E-state index contributed by atoms with van der Waals surface area (Å²) in [7, 11) is -1.76. The van der Waals surface area contributed by atoms with Crippen LogP contribution in [0.1, 0.15) is 27.7 Å². The molecule has 3 nitrogen and oxygen atoms in total. The average molecular weight is 216 g/mol. The Labute approximate surface area is 87.2 Å². The monoisotopic (exact) mass is 216 g/mol. The summed E-state index contributed by atoms with van der Waals surface area (Å²) < 4.78 is 10.3. The van der Waals surface area contributed by atoms with Crippen LogP contribution in [0.25, 0.3) is 0 Å². The van der Waals surface area contributed by atoms with Crippen LogP contribution in [0, 0.1) is 0 Å². The second-order valence-electron chi connectivity index (χ2n) is 4.76. The molecule has 0 aromatic heterocycles. The van der Waals surface area contributed by atoms with Crippen LogP contribution in [0.15, 0.2) is 12.5 Å². The van der Waals surface area contributed by atoms with Crippen molar-refractivity contribution in [2.24, 2.45) is 0 Å². The van der Waals surface area contributed by atoms with Crippen molar-refractivity contribution in [1.29, 1.82) is 0 Å². The first-order valence-electron chi connectivity index (χ1n) is 4.67. The second-order valence-corrected chi connectivity index (χ2v) is 9.52. The fourth-order valence-electron chi connectivity index (χ4n) is 0.498. The summed E-state index contributed by atoms with van der Waals surface area (Å²) in [6, 6.07) is 0. The Balaban J connectivity index is 4.12. The van der Waals surface area contributed by atoms with E-state index in [0.717, 1.165) is 0 Å². The highest BCUT2D eigenvalue weighted by atomic mass is 28.4. The van der Waals surface area contributed by atoms with E-state index in [1.165, 1.54) is 19.4 Å². The molecule has 0 rings (SSSR count). The van der Waals surface area contributed by atoms with Crippen LogP contribution in [0.3, 0.4) is 0 Å². The highest BCUT2D eigenvalue weighted by Gasteiger charge is 2.37. The summed E-state index contributed by atoms with van der Waals surface area (Å²) >= 11 is 0. The molecule has 0 aliphatic carbocycles. The maximum absolute atomic E-state index is 10.4. The molecule has 0 saturated carbocycles. The number of rotatable bonds is 3. The highest BCUT2D eigenvalue weighted by molar-refractivity contribution is 6.74. The number of hydrogen-bond donors (Lipinski definition) is 0. The molecule has 0 aromatic carbocycles. The molecule has 4 heteroatoms. The molecule has 14 heavy (non-hydrogen) atoms. The van der Waals surface area contributed by atoms with Crippen LogP contribution in [0.2, 0.25) is 18.1 Å². The van der Waals surface area contributed by atoms with Gasteiger partial charge in [-0.2, -0.15) is 0 Å². The van der Waals surface area contributed by atoms with Crippen molar-refractivity contribution in [1.82, 2.24) is 0 Å². The summed E-state index contributed by atoms with van der Waals surface area (Å²) in [6.07, 6.45) is 2.77. The lowest BCUT2D eigenvalue weighted by Gasteiger charge is -2.34. The van der Waals surface area contributed by atoms with Crippen LogP contribution >= 0.6 is 0 Å². The van der Waals surface area contributed by atoms with Crippen molar-refractivity contribution < 1.29 is 14.0 Å². The van der Waals surface area contributed by atoms with Gasteiger partial charge in [-0.25, -0.2) is 0 Å². The maximum atomic E-state index is 10.4. The van der Waals surface area contributed by atoms with Crippen molar-refractivity contribution in [2.45, 2.75) is 45.8 Å². The maximum Gasteiger partial charge on any atom is 0.307 e. The Hall–Kier alpha value is -0.773. The Morgan fingerprint density at radius 2 is 1.71 bits per heavy atom. The molecule has 0 heterocycles. The minimum atomic E-state index is -1.76. The van der Waals surface area contributed by atoms with Crippen molar-refractivity contribution in [3.63, 3.8) is 0 Å². The Morgan fingerprint density at radius 3 is 2.07 bits per heavy atom. The molecule has 0 fully saturated rings. The van der Waals surface area contributed by atoms with Crippen molar-refractivity contribution in [2.75, 3.05) is 0 Å². The van der Waals surface area contributed by atoms with E-state index in [9.17, 15) is 4.79 Å². The van der Waals surface area contributed by atoms with Crippen molar-refractivity contribution >= 4 is 14.3 Å². The predicted octanol–water partition coefficient (Wildman–Crippen LogP) is 3.04. The Bertz CT molecular complexity index is 226. The van der Waals surface area contributed by atoms with Crippen LogP contribution in [0.5, 0.6) is 0 Å². The summed E-state index contributed by atoms with van der Waals surface area (Å²) in [5.41, 5.74) is 0. The number of hydrogen-bond acceptors (Lipinski definition) is 3. The third kappa shape index (κ3) is 4.46. The third-order valence-electron chi connectivity index (χ3n) is 2.46. The molecule has 0 aliphatic heterocycles. The lowest BCUT2D eigenvalue weighted by molar-refractivity contribution is -0.135. The zero-order chi connectivity index (χ0) is 11.4. The molecule has 0 unspecified atom stereocenters. The van der Waals surface area contributed by atoms with E-state index in [1.807, 2.05) is 0 Å². The van der Waals surface area contributed by atoms with E-state index >= 15 is 0 Å². The topological polar surface area (TPSA) is 35.5 Å². The van der Waals surface area contributed by atoms with Gasteiger partial charge in [-0.3, -0.25) is 4.79 Å². The first-order valence-corrected chi connectivity index (χ1v) is 7.58. The SMILES string of the molecule is CC(=O)O/C=C\O[Si](C)(C)C(C)(C)C. The molecule has 0 N–H and O–H groups in total. The summed E-state index contributed by atoms with van der Waals surface area (Å²) in [5.74, 6) is -0.333. The number of esters is 1. The van der Waals surface area contributed by atoms with E-state index in [-0.39, 0.29) is 11.0 Å². The van der Waals surface area contributed by atoms with Gasteiger partial charge in [0.05, 0.1) is 0 Å². The fraction of sp³-hybridized carbons (Fsp3) is 0.700. The second kappa shape index (κ2) is 4.64. The van der Waals surface area contributed by atoms with Gasteiger partial charge >= 0.3 is 5.97 Å². The smallest absolute Gasteiger partial charge is 0.307 e. The number of ether oxygens (including phenoxy) is 1. The molecule has 0 atom stereocenters. The molecular formula is C10H20O3Si. The molecule has 0 spiro atoms. The van der Waals surface area contributed by atoms with Gasteiger partial charge in [-0.1, -0.05) is 20.8 Å². The number of carbonyl (C=O) groups is 1. The van der Waals surface area contributed by atoms with Gasteiger partial charge in [-0.15, -0.1) is 0 Å². The summed E-state index contributed by atoms with van der Waals surface area (Å²) in [5, 5.41) is 0.160. The molecular weight excluding hydrogens is 196 g/mol. The van der Waals surface area contributed by atoms with E-state index in [2.05, 4.69) is 38.6 Å². The van der Waals surface area contributed by atoms with E-state index in [4.69, 9.17) is 4.43 Å². The van der Waals surface area contributed by atoms with Crippen molar-refractivity contribution in [3.8, 4) is 0 Å². The highest BCUT2D eigenvalue weighted by Crippen LogP contribution is 2.36. The third-order valence-corrected chi connectivity index (χ3v) is 6.80. The molecule has 0 aromatic rings. The first-order chi connectivity index (χ1) is 6.17.